The van der Waals surface area contributed by atoms with Gasteiger partial charge in [-0.05, 0) is 68.8 Å². The van der Waals surface area contributed by atoms with E-state index < -0.39 is 0 Å². The van der Waals surface area contributed by atoms with Crippen LogP contribution in [0.5, 0.6) is 5.75 Å². The van der Waals surface area contributed by atoms with E-state index in [1.165, 1.54) is 17.8 Å². The Morgan fingerprint density at radius 3 is 2.46 bits per heavy atom. The Balaban J connectivity index is 1.54. The molecule has 0 bridgehead atoms. The number of nitrogens with zero attached hydrogens (tertiary/aromatic N) is 1. The maximum atomic E-state index is 12.5. The molecule has 2 atom stereocenters. The van der Waals surface area contributed by atoms with Gasteiger partial charge in [0, 0.05) is 23.0 Å². The van der Waals surface area contributed by atoms with Crippen molar-refractivity contribution in [3.8, 4) is 5.75 Å². The third kappa shape index (κ3) is 4.43. The number of nitrogens with one attached hydrogen (secondary N) is 1. The Kier molecular flexibility index (Phi) is 5.93. The molecule has 2 aromatic rings. The summed E-state index contributed by atoms with van der Waals surface area (Å²) in [5.41, 5.74) is 1.34. The molecule has 6 heteroatoms. The summed E-state index contributed by atoms with van der Waals surface area (Å²) in [5, 5.41) is 6.62. The van der Waals surface area contributed by atoms with Gasteiger partial charge in [0.15, 0.2) is 6.61 Å². The van der Waals surface area contributed by atoms with E-state index in [9.17, 15) is 9.59 Å². The van der Waals surface area contributed by atoms with Gasteiger partial charge in [-0.2, -0.15) is 11.3 Å². The van der Waals surface area contributed by atoms with Gasteiger partial charge in [0.2, 0.25) is 0 Å². The highest BCUT2D eigenvalue weighted by atomic mass is 32.1. The predicted molar refractivity (Wildman–Crippen MR) is 104 cm³/mol. The number of likely N-dealkylation sites (tertiary alicyclic amines) is 1. The summed E-state index contributed by atoms with van der Waals surface area (Å²) in [6, 6.07) is 9.23. The largest absolute Gasteiger partial charge is 0.484 e. The normalized spacial score (nSPS) is 19.8. The third-order valence-corrected chi connectivity index (χ3v) is 5.42. The standard InChI is InChI=1S/C20H24N2O3S/c1-14-4-3-5-15(2)22(14)19(23)12-25-18-8-6-16(7-9-18)20(24)21-17-10-11-26-13-17/h6-11,13-15H,3-5,12H2,1-2H3,(H,21,24). The van der Waals surface area contributed by atoms with E-state index in [1.807, 2.05) is 21.7 Å². The van der Waals surface area contributed by atoms with Gasteiger partial charge in [-0.1, -0.05) is 0 Å². The van der Waals surface area contributed by atoms with Crippen LogP contribution in [-0.2, 0) is 4.79 Å². The molecule has 1 aromatic carbocycles. The van der Waals surface area contributed by atoms with E-state index in [1.54, 1.807) is 24.3 Å². The second-order valence-electron chi connectivity index (χ2n) is 6.71. The molecular weight excluding hydrogens is 348 g/mol. The van der Waals surface area contributed by atoms with E-state index in [0.717, 1.165) is 18.5 Å². The summed E-state index contributed by atoms with van der Waals surface area (Å²) in [6.45, 7) is 4.21. The molecule has 0 spiro atoms. The van der Waals surface area contributed by atoms with Crippen LogP contribution in [0.15, 0.2) is 41.1 Å². The predicted octanol–water partition coefficient (Wildman–Crippen LogP) is 4.17. The number of hydrogen-bond acceptors (Lipinski definition) is 4. The first kappa shape index (κ1) is 18.5. The molecule has 1 fully saturated rings. The molecule has 0 radical (unpaired) electrons. The zero-order chi connectivity index (χ0) is 18.5. The summed E-state index contributed by atoms with van der Waals surface area (Å²) in [7, 11) is 0. The highest BCUT2D eigenvalue weighted by Gasteiger charge is 2.28. The second-order valence-corrected chi connectivity index (χ2v) is 7.49. The zero-order valence-electron chi connectivity index (χ0n) is 15.1. The number of carbonyl (C=O) groups is 2. The Hall–Kier alpha value is -2.34. The molecule has 26 heavy (non-hydrogen) atoms. The zero-order valence-corrected chi connectivity index (χ0v) is 15.9. The molecule has 1 aliphatic rings. The van der Waals surface area contributed by atoms with Crippen molar-refractivity contribution in [3.05, 3.63) is 46.7 Å². The average molecular weight is 372 g/mol. The van der Waals surface area contributed by atoms with Crippen LogP contribution in [0.1, 0.15) is 43.5 Å². The van der Waals surface area contributed by atoms with E-state index in [-0.39, 0.29) is 30.5 Å². The number of thiophene rings is 1. The number of amides is 2. The SMILES string of the molecule is CC1CCCC(C)N1C(=O)COc1ccc(C(=O)Nc2ccsc2)cc1. The summed E-state index contributed by atoms with van der Waals surface area (Å²) in [5.74, 6) is 0.439. The summed E-state index contributed by atoms with van der Waals surface area (Å²) < 4.78 is 5.64. The van der Waals surface area contributed by atoms with Gasteiger partial charge in [0.05, 0.1) is 5.69 Å². The van der Waals surface area contributed by atoms with Crippen LogP contribution >= 0.6 is 11.3 Å². The highest BCUT2D eigenvalue weighted by molar-refractivity contribution is 7.08. The van der Waals surface area contributed by atoms with Gasteiger partial charge in [-0.25, -0.2) is 0 Å². The van der Waals surface area contributed by atoms with Gasteiger partial charge in [-0.15, -0.1) is 0 Å². The van der Waals surface area contributed by atoms with Gasteiger partial charge < -0.3 is 15.0 Å². The molecule has 2 unspecified atom stereocenters. The lowest BCUT2D eigenvalue weighted by Gasteiger charge is -2.38. The van der Waals surface area contributed by atoms with Crippen LogP contribution in [0.2, 0.25) is 0 Å². The van der Waals surface area contributed by atoms with E-state index in [0.29, 0.717) is 11.3 Å². The van der Waals surface area contributed by atoms with Crippen molar-refractivity contribution in [2.75, 3.05) is 11.9 Å². The molecule has 1 aliphatic heterocycles. The van der Waals surface area contributed by atoms with Crippen molar-refractivity contribution in [1.29, 1.82) is 0 Å². The van der Waals surface area contributed by atoms with Gasteiger partial charge in [0.1, 0.15) is 5.75 Å². The third-order valence-electron chi connectivity index (χ3n) is 4.74. The van der Waals surface area contributed by atoms with Crippen molar-refractivity contribution in [3.63, 3.8) is 0 Å². The Morgan fingerprint density at radius 2 is 1.85 bits per heavy atom. The smallest absolute Gasteiger partial charge is 0.260 e. The van der Waals surface area contributed by atoms with Gasteiger partial charge in [0.25, 0.3) is 11.8 Å². The molecule has 1 saturated heterocycles. The molecule has 0 saturated carbocycles. The van der Waals surface area contributed by atoms with Crippen LogP contribution in [0.25, 0.3) is 0 Å². The first-order valence-electron chi connectivity index (χ1n) is 8.92. The number of benzene rings is 1. The fourth-order valence-corrected chi connectivity index (χ4v) is 3.96. The monoisotopic (exact) mass is 372 g/mol. The lowest BCUT2D eigenvalue weighted by molar-refractivity contribution is -0.139. The van der Waals surface area contributed by atoms with Gasteiger partial charge in [-0.3, -0.25) is 9.59 Å². The number of hydrogen-bond donors (Lipinski definition) is 1. The van der Waals surface area contributed by atoms with Crippen LogP contribution in [0.4, 0.5) is 5.69 Å². The van der Waals surface area contributed by atoms with E-state index in [2.05, 4.69) is 19.2 Å². The summed E-state index contributed by atoms with van der Waals surface area (Å²) in [4.78, 5) is 26.6. The van der Waals surface area contributed by atoms with Crippen molar-refractivity contribution in [2.24, 2.45) is 0 Å². The average Bonchev–Trinajstić information content (AvgIpc) is 3.13. The number of anilines is 1. The minimum atomic E-state index is -0.165. The Labute approximate surface area is 158 Å². The molecular formula is C20H24N2O3S. The Morgan fingerprint density at radius 1 is 1.15 bits per heavy atom. The van der Waals surface area contributed by atoms with E-state index >= 15 is 0 Å². The van der Waals surface area contributed by atoms with E-state index in [4.69, 9.17) is 4.74 Å². The lowest BCUT2D eigenvalue weighted by Crippen LogP contribution is -2.49. The quantitative estimate of drug-likeness (QED) is 0.857. The maximum absolute atomic E-state index is 12.5. The summed E-state index contributed by atoms with van der Waals surface area (Å²) >= 11 is 1.53. The molecule has 2 amide bonds. The lowest BCUT2D eigenvalue weighted by atomic mass is 9.97. The van der Waals surface area contributed by atoms with Crippen LogP contribution in [-0.4, -0.2) is 35.4 Å². The second kappa shape index (κ2) is 8.36. The fourth-order valence-electron chi connectivity index (χ4n) is 3.37. The number of rotatable bonds is 5. The van der Waals surface area contributed by atoms with Crippen LogP contribution < -0.4 is 10.1 Å². The fraction of sp³-hybridized carbons (Fsp3) is 0.400. The molecule has 2 heterocycles. The first-order valence-corrected chi connectivity index (χ1v) is 9.86. The molecule has 5 nitrogen and oxygen atoms in total. The minimum absolute atomic E-state index is 0.0176. The number of piperidine rings is 1. The Bertz CT molecular complexity index is 733. The topological polar surface area (TPSA) is 58.6 Å². The molecule has 0 aliphatic carbocycles. The molecule has 1 aromatic heterocycles. The minimum Gasteiger partial charge on any atom is -0.484 e. The van der Waals surface area contributed by atoms with Crippen molar-refractivity contribution in [2.45, 2.75) is 45.2 Å². The number of carbonyl (C=O) groups excluding carboxylic acids is 2. The molecule has 3 rings (SSSR count). The van der Waals surface area contributed by atoms with Crippen LogP contribution in [0.3, 0.4) is 0 Å². The molecule has 1 N–H and O–H groups in total. The summed E-state index contributed by atoms with van der Waals surface area (Å²) in [6.07, 6.45) is 3.26. The maximum Gasteiger partial charge on any atom is 0.260 e. The molecule has 138 valence electrons. The van der Waals surface area contributed by atoms with Crippen molar-refractivity contribution >= 4 is 28.8 Å². The van der Waals surface area contributed by atoms with Gasteiger partial charge >= 0.3 is 0 Å². The van der Waals surface area contributed by atoms with Crippen LogP contribution in [0, 0.1) is 0 Å². The number of ether oxygens (including phenoxy) is 1. The van der Waals surface area contributed by atoms with Crippen molar-refractivity contribution in [1.82, 2.24) is 4.90 Å². The van der Waals surface area contributed by atoms with Crippen molar-refractivity contribution < 1.29 is 14.3 Å². The first-order chi connectivity index (χ1) is 12.5. The highest BCUT2D eigenvalue weighted by Crippen LogP contribution is 2.23.